The fourth-order valence-corrected chi connectivity index (χ4v) is 7.91. The maximum absolute atomic E-state index is 13.4. The van der Waals surface area contributed by atoms with Gasteiger partial charge in [-0.3, -0.25) is 4.79 Å². The lowest BCUT2D eigenvalue weighted by Gasteiger charge is -2.20. The van der Waals surface area contributed by atoms with Gasteiger partial charge < -0.3 is 28.4 Å². The molecule has 7 nitrogen and oxygen atoms in total. The van der Waals surface area contributed by atoms with Crippen molar-refractivity contribution in [1.82, 2.24) is 0 Å². The van der Waals surface area contributed by atoms with Crippen molar-refractivity contribution in [2.24, 2.45) is 0 Å². The molecule has 61 heavy (non-hydrogen) atoms. The molecule has 4 rings (SSSR count). The van der Waals surface area contributed by atoms with Crippen LogP contribution in [-0.2, 0) is 4.79 Å². The summed E-state index contributed by atoms with van der Waals surface area (Å²) in [6.45, 7) is 16.4. The lowest BCUT2D eigenvalue weighted by Crippen LogP contribution is -2.09. The minimum absolute atomic E-state index is 0.233. The Morgan fingerprint density at radius 3 is 0.803 bits per heavy atom. The molecule has 0 aliphatic carbocycles. The third-order valence-electron chi connectivity index (χ3n) is 11.6. The Labute approximate surface area is 369 Å². The Morgan fingerprint density at radius 2 is 0.541 bits per heavy atom. The van der Waals surface area contributed by atoms with Crippen LogP contribution in [0.5, 0.6) is 34.5 Å². The van der Waals surface area contributed by atoms with E-state index >= 15 is 0 Å². The van der Waals surface area contributed by atoms with Crippen LogP contribution in [0, 0.1) is 0 Å². The van der Waals surface area contributed by atoms with Gasteiger partial charge in [0.15, 0.2) is 34.5 Å². The number of fused-ring (bicyclic) bond motifs is 6. The molecule has 0 saturated carbocycles. The van der Waals surface area contributed by atoms with Gasteiger partial charge in [0.1, 0.15) is 0 Å². The van der Waals surface area contributed by atoms with Crippen LogP contribution in [0.3, 0.4) is 0 Å². The van der Waals surface area contributed by atoms with Crippen LogP contribution >= 0.6 is 0 Å². The largest absolute Gasteiger partial charge is 0.490 e. The number of esters is 1. The monoisotopic (exact) mass is 843 g/mol. The van der Waals surface area contributed by atoms with Crippen molar-refractivity contribution >= 4 is 38.3 Å². The summed E-state index contributed by atoms with van der Waals surface area (Å²) < 4.78 is 39.2. The zero-order chi connectivity index (χ0) is 43.5. The second-order valence-electron chi connectivity index (χ2n) is 17.0. The van der Waals surface area contributed by atoms with Crippen LogP contribution < -0.4 is 28.4 Å². The maximum Gasteiger partial charge on any atom is 0.311 e. The predicted molar refractivity (Wildman–Crippen MR) is 257 cm³/mol. The van der Waals surface area contributed by atoms with E-state index in [1.165, 1.54) is 51.4 Å². The van der Waals surface area contributed by atoms with Crippen molar-refractivity contribution in [3.8, 4) is 34.5 Å². The number of benzene rings is 4. The third kappa shape index (κ3) is 16.4. The van der Waals surface area contributed by atoms with Crippen LogP contribution in [-0.4, -0.2) is 39.0 Å². The Hall–Kier alpha value is -3.87. The average Bonchev–Trinajstić information content (AvgIpc) is 3.26. The van der Waals surface area contributed by atoms with Gasteiger partial charge >= 0.3 is 5.97 Å². The minimum atomic E-state index is -0.233. The molecule has 340 valence electrons. The second-order valence-corrected chi connectivity index (χ2v) is 17.0. The molecule has 0 atom stereocenters. The Kier molecular flexibility index (Phi) is 24.0. The SMILES string of the molecule is CCCCCCOc1cc2c3cc(OCCCCCC)c(OCCCCCC)cc3c3cc(OC(=O)CCCCC)c(OCCCCCC)cc3c2cc1OCCCCCC. The highest BCUT2D eigenvalue weighted by molar-refractivity contribution is 6.27. The summed E-state index contributed by atoms with van der Waals surface area (Å²) in [7, 11) is 0. The summed E-state index contributed by atoms with van der Waals surface area (Å²) in [6, 6.07) is 12.8. The van der Waals surface area contributed by atoms with E-state index < -0.39 is 0 Å². The molecular formula is C54H82O7. The molecule has 0 N–H and O–H groups in total. The topological polar surface area (TPSA) is 72.5 Å². The number of unbranched alkanes of at least 4 members (excludes halogenated alkanes) is 17. The molecule has 0 aliphatic heterocycles. The summed E-state index contributed by atoms with van der Waals surface area (Å²) in [6.07, 6.45) is 25.5. The number of rotatable bonds is 35. The molecule has 0 radical (unpaired) electrons. The van der Waals surface area contributed by atoms with E-state index in [9.17, 15) is 4.79 Å². The minimum Gasteiger partial charge on any atom is -0.490 e. The van der Waals surface area contributed by atoms with E-state index in [0.29, 0.717) is 51.0 Å². The van der Waals surface area contributed by atoms with Gasteiger partial charge in [0.05, 0.1) is 33.0 Å². The molecule has 0 bridgehead atoms. The summed E-state index contributed by atoms with van der Waals surface area (Å²) in [4.78, 5) is 13.4. The van der Waals surface area contributed by atoms with Gasteiger partial charge in [-0.25, -0.2) is 0 Å². The van der Waals surface area contributed by atoms with Crippen molar-refractivity contribution in [3.05, 3.63) is 36.4 Å². The first-order chi connectivity index (χ1) is 30.0. The van der Waals surface area contributed by atoms with Crippen molar-refractivity contribution in [1.29, 1.82) is 0 Å². The molecule has 0 unspecified atom stereocenters. The number of hydrogen-bond donors (Lipinski definition) is 0. The maximum atomic E-state index is 13.4. The molecule has 0 amide bonds. The molecule has 0 aromatic heterocycles. The van der Waals surface area contributed by atoms with Gasteiger partial charge in [0.25, 0.3) is 0 Å². The Balaban J connectivity index is 1.98. The number of hydrogen-bond acceptors (Lipinski definition) is 7. The highest BCUT2D eigenvalue weighted by Crippen LogP contribution is 2.47. The van der Waals surface area contributed by atoms with E-state index in [4.69, 9.17) is 28.4 Å². The van der Waals surface area contributed by atoms with E-state index in [-0.39, 0.29) is 5.97 Å². The van der Waals surface area contributed by atoms with Gasteiger partial charge in [0, 0.05) is 6.42 Å². The zero-order valence-corrected chi connectivity index (χ0v) is 39.3. The molecule has 0 saturated heterocycles. The molecule has 4 aromatic rings. The molecular weight excluding hydrogens is 761 g/mol. The van der Waals surface area contributed by atoms with E-state index in [2.05, 4.69) is 71.9 Å². The lowest BCUT2D eigenvalue weighted by atomic mass is 9.93. The van der Waals surface area contributed by atoms with Crippen molar-refractivity contribution < 1.29 is 33.2 Å². The van der Waals surface area contributed by atoms with Crippen LogP contribution in [0.15, 0.2) is 36.4 Å². The van der Waals surface area contributed by atoms with Crippen molar-refractivity contribution in [2.45, 2.75) is 196 Å². The molecule has 0 fully saturated rings. The Morgan fingerprint density at radius 1 is 0.311 bits per heavy atom. The quantitative estimate of drug-likeness (QED) is 0.0198. The van der Waals surface area contributed by atoms with Crippen LogP contribution in [0.2, 0.25) is 0 Å². The third-order valence-corrected chi connectivity index (χ3v) is 11.6. The van der Waals surface area contributed by atoms with E-state index in [1.54, 1.807) is 0 Å². The standard InChI is InChI=1S/C54H82O7/c1-7-13-19-25-31-56-48-36-42-43-37-49(57-32-26-20-14-8-2)51(59-34-28-22-16-10-4)39-45(43)47-41-53(61-54(55)30-24-18-12-6)52(60-35-29-23-17-11-5)40-46(47)44(42)38-50(48)58-33-27-21-15-9-3/h36-41H,7-35H2,1-6H3. The normalized spacial score (nSPS) is 11.4. The molecule has 0 aliphatic rings. The van der Waals surface area contributed by atoms with Crippen LogP contribution in [0.25, 0.3) is 32.3 Å². The summed E-state index contributed by atoms with van der Waals surface area (Å²) >= 11 is 0. The van der Waals surface area contributed by atoms with Gasteiger partial charge in [-0.05, 0) is 107 Å². The fourth-order valence-electron chi connectivity index (χ4n) is 7.91. The van der Waals surface area contributed by atoms with Gasteiger partial charge in [-0.15, -0.1) is 0 Å². The van der Waals surface area contributed by atoms with Crippen LogP contribution in [0.1, 0.15) is 196 Å². The zero-order valence-electron chi connectivity index (χ0n) is 39.3. The summed E-state index contributed by atoms with van der Waals surface area (Å²) in [5, 5.41) is 6.08. The smallest absolute Gasteiger partial charge is 0.311 e. The first-order valence-electron chi connectivity index (χ1n) is 24.9. The average molecular weight is 843 g/mol. The first-order valence-corrected chi connectivity index (χ1v) is 24.9. The molecule has 0 heterocycles. The number of ether oxygens (including phenoxy) is 6. The second kappa shape index (κ2) is 29.4. The van der Waals surface area contributed by atoms with E-state index in [1.807, 2.05) is 6.07 Å². The first kappa shape index (κ1) is 49.8. The van der Waals surface area contributed by atoms with E-state index in [0.717, 1.165) is 152 Å². The summed E-state index contributed by atoms with van der Waals surface area (Å²) in [5.74, 6) is 3.84. The highest BCUT2D eigenvalue weighted by atomic mass is 16.6. The molecule has 4 aromatic carbocycles. The summed E-state index contributed by atoms with van der Waals surface area (Å²) in [5.41, 5.74) is 0. The Bertz CT molecular complexity index is 1800. The van der Waals surface area contributed by atoms with Crippen molar-refractivity contribution in [2.75, 3.05) is 33.0 Å². The lowest BCUT2D eigenvalue weighted by molar-refractivity contribution is -0.134. The number of carbonyl (C=O) groups is 1. The predicted octanol–water partition coefficient (Wildman–Crippen LogP) is 16.4. The van der Waals surface area contributed by atoms with Crippen molar-refractivity contribution in [3.63, 3.8) is 0 Å². The fraction of sp³-hybridized carbons (Fsp3) is 0.648. The van der Waals surface area contributed by atoms with Crippen LogP contribution in [0.4, 0.5) is 0 Å². The van der Waals surface area contributed by atoms with Gasteiger partial charge in [0.2, 0.25) is 0 Å². The molecule has 7 heteroatoms. The highest BCUT2D eigenvalue weighted by Gasteiger charge is 2.21. The van der Waals surface area contributed by atoms with Gasteiger partial charge in [-0.1, -0.05) is 151 Å². The molecule has 0 spiro atoms. The van der Waals surface area contributed by atoms with Gasteiger partial charge in [-0.2, -0.15) is 0 Å². The number of carbonyl (C=O) groups excluding carboxylic acids is 1.